The Morgan fingerprint density at radius 2 is 1.79 bits per heavy atom. The molecule has 2 heterocycles. The van der Waals surface area contributed by atoms with E-state index in [1.54, 1.807) is 19.2 Å². The number of nitriles is 1. The van der Waals surface area contributed by atoms with Gasteiger partial charge < -0.3 is 9.80 Å². The molecule has 24 heavy (non-hydrogen) atoms. The van der Waals surface area contributed by atoms with Crippen LogP contribution in [0.3, 0.4) is 0 Å². The number of halogens is 1. The molecule has 0 spiro atoms. The lowest BCUT2D eigenvalue weighted by molar-refractivity contribution is 0.101. The number of benzene rings is 1. The van der Waals surface area contributed by atoms with Gasteiger partial charge in [0, 0.05) is 43.6 Å². The molecule has 122 valence electrons. The van der Waals surface area contributed by atoms with Crippen molar-refractivity contribution < 1.29 is 4.79 Å². The predicted octanol–water partition coefficient (Wildman–Crippen LogP) is 3.14. The Balaban J connectivity index is 1.67. The van der Waals surface area contributed by atoms with Gasteiger partial charge in [-0.1, -0.05) is 11.6 Å². The Labute approximate surface area is 146 Å². The fourth-order valence-corrected chi connectivity index (χ4v) is 3.09. The van der Waals surface area contributed by atoms with E-state index in [1.165, 1.54) is 0 Å². The van der Waals surface area contributed by atoms with E-state index in [2.05, 4.69) is 14.8 Å². The Hall–Kier alpha value is -2.58. The SMILES string of the molecule is CC(=O)c1ccc(N2CCN(c3ncc(C#N)cc3Cl)CC2)cc1. The third-order valence-electron chi connectivity index (χ3n) is 4.17. The lowest BCUT2D eigenvalue weighted by Crippen LogP contribution is -2.47. The third kappa shape index (κ3) is 3.34. The van der Waals surface area contributed by atoms with Crippen LogP contribution in [-0.2, 0) is 0 Å². The van der Waals surface area contributed by atoms with E-state index >= 15 is 0 Å². The fraction of sp³-hybridized carbons (Fsp3) is 0.278. The second-order valence-corrected chi connectivity index (χ2v) is 6.13. The molecule has 1 fully saturated rings. The lowest BCUT2D eigenvalue weighted by Gasteiger charge is -2.37. The summed E-state index contributed by atoms with van der Waals surface area (Å²) in [6, 6.07) is 11.4. The molecule has 0 unspecified atom stereocenters. The molecule has 0 atom stereocenters. The molecule has 0 radical (unpaired) electrons. The zero-order chi connectivity index (χ0) is 17.1. The first kappa shape index (κ1) is 16.3. The van der Waals surface area contributed by atoms with Gasteiger partial charge in [-0.2, -0.15) is 5.26 Å². The molecule has 5 nitrogen and oxygen atoms in total. The van der Waals surface area contributed by atoms with E-state index in [0.717, 1.165) is 43.2 Å². The van der Waals surface area contributed by atoms with Crippen molar-refractivity contribution in [3.05, 3.63) is 52.7 Å². The van der Waals surface area contributed by atoms with Gasteiger partial charge in [-0.25, -0.2) is 4.98 Å². The third-order valence-corrected chi connectivity index (χ3v) is 4.45. The number of carbonyl (C=O) groups is 1. The first-order valence-corrected chi connectivity index (χ1v) is 8.13. The number of nitrogens with zero attached hydrogens (tertiary/aromatic N) is 4. The van der Waals surface area contributed by atoms with Gasteiger partial charge in [-0.15, -0.1) is 0 Å². The molecule has 3 rings (SSSR count). The van der Waals surface area contributed by atoms with Gasteiger partial charge in [0.2, 0.25) is 0 Å². The van der Waals surface area contributed by atoms with Crippen molar-refractivity contribution in [3.63, 3.8) is 0 Å². The first-order chi connectivity index (χ1) is 11.6. The number of anilines is 2. The minimum absolute atomic E-state index is 0.0768. The van der Waals surface area contributed by atoms with E-state index in [4.69, 9.17) is 16.9 Å². The largest absolute Gasteiger partial charge is 0.368 e. The summed E-state index contributed by atoms with van der Waals surface area (Å²) in [6.07, 6.45) is 1.55. The van der Waals surface area contributed by atoms with Gasteiger partial charge in [0.05, 0.1) is 10.6 Å². The minimum Gasteiger partial charge on any atom is -0.368 e. The smallest absolute Gasteiger partial charge is 0.159 e. The van der Waals surface area contributed by atoms with Crippen molar-refractivity contribution in [3.8, 4) is 6.07 Å². The Kier molecular flexibility index (Phi) is 4.68. The number of carbonyl (C=O) groups excluding carboxylic acids is 1. The highest BCUT2D eigenvalue weighted by Gasteiger charge is 2.20. The molecule has 1 aromatic heterocycles. The molecule has 1 aliphatic heterocycles. The molecular formula is C18H17ClN4O. The number of hydrogen-bond acceptors (Lipinski definition) is 5. The number of ketones is 1. The Morgan fingerprint density at radius 3 is 2.33 bits per heavy atom. The van der Waals surface area contributed by atoms with Crippen LogP contribution < -0.4 is 9.80 Å². The summed E-state index contributed by atoms with van der Waals surface area (Å²) in [6.45, 7) is 4.86. The van der Waals surface area contributed by atoms with Crippen LogP contribution in [-0.4, -0.2) is 36.9 Å². The van der Waals surface area contributed by atoms with Gasteiger partial charge in [0.1, 0.15) is 11.9 Å². The lowest BCUT2D eigenvalue weighted by atomic mass is 10.1. The number of pyridine rings is 1. The van der Waals surface area contributed by atoms with Crippen LogP contribution in [0.4, 0.5) is 11.5 Å². The number of rotatable bonds is 3. The van der Waals surface area contributed by atoms with E-state index in [0.29, 0.717) is 10.6 Å². The fourth-order valence-electron chi connectivity index (χ4n) is 2.81. The summed E-state index contributed by atoms with van der Waals surface area (Å²) < 4.78 is 0. The van der Waals surface area contributed by atoms with E-state index in [1.807, 2.05) is 30.3 Å². The highest BCUT2D eigenvalue weighted by Crippen LogP contribution is 2.26. The molecule has 0 N–H and O–H groups in total. The highest BCUT2D eigenvalue weighted by molar-refractivity contribution is 6.33. The highest BCUT2D eigenvalue weighted by atomic mass is 35.5. The van der Waals surface area contributed by atoms with Gasteiger partial charge in [0.15, 0.2) is 5.78 Å². The standard InChI is InChI=1S/C18H17ClN4O/c1-13(24)15-2-4-16(5-3-15)22-6-8-23(9-7-22)18-17(19)10-14(11-20)12-21-18/h2-5,10,12H,6-9H2,1H3. The second kappa shape index (κ2) is 6.90. The van der Waals surface area contributed by atoms with E-state index < -0.39 is 0 Å². The maximum absolute atomic E-state index is 11.4. The number of piperazine rings is 1. The molecule has 1 aliphatic rings. The van der Waals surface area contributed by atoms with Crippen molar-refractivity contribution in [1.82, 2.24) is 4.98 Å². The van der Waals surface area contributed by atoms with Crippen molar-refractivity contribution in [2.75, 3.05) is 36.0 Å². The number of Topliss-reactive ketones (excluding diaryl/α,β-unsaturated/α-hetero) is 1. The molecule has 0 aliphatic carbocycles. The number of aromatic nitrogens is 1. The maximum atomic E-state index is 11.4. The summed E-state index contributed by atoms with van der Waals surface area (Å²) in [4.78, 5) is 20.1. The summed E-state index contributed by atoms with van der Waals surface area (Å²) in [5, 5.41) is 9.40. The summed E-state index contributed by atoms with van der Waals surface area (Å²) in [5.74, 6) is 0.801. The maximum Gasteiger partial charge on any atom is 0.159 e. The van der Waals surface area contributed by atoms with Crippen LogP contribution in [0.15, 0.2) is 36.5 Å². The summed E-state index contributed by atoms with van der Waals surface area (Å²) in [5.41, 5.74) is 2.30. The van der Waals surface area contributed by atoms with Crippen molar-refractivity contribution in [1.29, 1.82) is 5.26 Å². The average molecular weight is 341 g/mol. The second-order valence-electron chi connectivity index (χ2n) is 5.72. The van der Waals surface area contributed by atoms with Crippen LogP contribution >= 0.6 is 11.6 Å². The Morgan fingerprint density at radius 1 is 1.17 bits per heavy atom. The van der Waals surface area contributed by atoms with Crippen LogP contribution in [0.1, 0.15) is 22.8 Å². The van der Waals surface area contributed by atoms with Crippen molar-refractivity contribution >= 4 is 28.9 Å². The zero-order valence-corrected chi connectivity index (χ0v) is 14.1. The predicted molar refractivity (Wildman–Crippen MR) is 94.8 cm³/mol. The monoisotopic (exact) mass is 340 g/mol. The number of hydrogen-bond donors (Lipinski definition) is 0. The van der Waals surface area contributed by atoms with Crippen LogP contribution in [0.5, 0.6) is 0 Å². The van der Waals surface area contributed by atoms with Gasteiger partial charge in [-0.05, 0) is 37.3 Å². The summed E-state index contributed by atoms with van der Waals surface area (Å²) >= 11 is 6.24. The van der Waals surface area contributed by atoms with Crippen LogP contribution in [0.25, 0.3) is 0 Å². The molecule has 0 amide bonds. The van der Waals surface area contributed by atoms with E-state index in [-0.39, 0.29) is 5.78 Å². The molecule has 1 saturated heterocycles. The Bertz CT molecular complexity index is 790. The van der Waals surface area contributed by atoms with Crippen LogP contribution in [0, 0.1) is 11.3 Å². The topological polar surface area (TPSA) is 60.2 Å². The molecule has 0 bridgehead atoms. The van der Waals surface area contributed by atoms with Gasteiger partial charge >= 0.3 is 0 Å². The van der Waals surface area contributed by atoms with Gasteiger partial charge in [0.25, 0.3) is 0 Å². The minimum atomic E-state index is 0.0768. The molecular weight excluding hydrogens is 324 g/mol. The zero-order valence-electron chi connectivity index (χ0n) is 13.4. The first-order valence-electron chi connectivity index (χ1n) is 7.75. The summed E-state index contributed by atoms with van der Waals surface area (Å²) in [7, 11) is 0. The quantitative estimate of drug-likeness (QED) is 0.803. The van der Waals surface area contributed by atoms with Gasteiger partial charge in [-0.3, -0.25) is 4.79 Å². The molecule has 2 aromatic rings. The molecule has 1 aromatic carbocycles. The average Bonchev–Trinajstić information content (AvgIpc) is 2.62. The van der Waals surface area contributed by atoms with Crippen molar-refractivity contribution in [2.24, 2.45) is 0 Å². The normalized spacial score (nSPS) is 14.4. The van der Waals surface area contributed by atoms with Crippen LogP contribution in [0.2, 0.25) is 5.02 Å². The molecule has 6 heteroatoms. The molecule has 0 saturated carbocycles. The van der Waals surface area contributed by atoms with E-state index in [9.17, 15) is 4.79 Å². The van der Waals surface area contributed by atoms with Crippen molar-refractivity contribution in [2.45, 2.75) is 6.92 Å².